The van der Waals surface area contributed by atoms with Gasteiger partial charge in [-0.15, -0.1) is 0 Å². The summed E-state index contributed by atoms with van der Waals surface area (Å²) in [6.45, 7) is 10.1. The van der Waals surface area contributed by atoms with Gasteiger partial charge in [-0.1, -0.05) is 20.4 Å². The molecule has 1 saturated carbocycles. The van der Waals surface area contributed by atoms with Crippen LogP contribution in [0.25, 0.3) is 0 Å². The molecule has 0 radical (unpaired) electrons. The van der Waals surface area contributed by atoms with Crippen LogP contribution in [0.2, 0.25) is 0 Å². The maximum atomic E-state index is 10.3. The summed E-state index contributed by atoms with van der Waals surface area (Å²) in [4.78, 5) is 11.3. The van der Waals surface area contributed by atoms with Crippen LogP contribution in [-0.4, -0.2) is 42.4 Å². The first-order chi connectivity index (χ1) is 12.8. The van der Waals surface area contributed by atoms with Gasteiger partial charge in [0.05, 0.1) is 37.1 Å². The number of hydrogen-bond donors (Lipinski definition) is 1. The van der Waals surface area contributed by atoms with Crippen LogP contribution < -0.4 is 0 Å². The van der Waals surface area contributed by atoms with E-state index in [4.69, 9.17) is 24.5 Å². The molecule has 6 heteroatoms. The molecule has 6 nitrogen and oxygen atoms in total. The summed E-state index contributed by atoms with van der Waals surface area (Å²) < 4.78 is 12.7. The number of ether oxygens (including phenoxy) is 2. The number of nitrogens with zero attached hydrogens (tertiary/aromatic N) is 1. The molecule has 0 spiro atoms. The van der Waals surface area contributed by atoms with Crippen molar-refractivity contribution in [1.29, 1.82) is 5.26 Å². The van der Waals surface area contributed by atoms with Gasteiger partial charge in [-0.25, -0.2) is 9.78 Å². The third kappa shape index (κ3) is 3.56. The van der Waals surface area contributed by atoms with Crippen molar-refractivity contribution in [1.82, 2.24) is 0 Å². The third-order valence-electron chi connectivity index (χ3n) is 7.14. The van der Waals surface area contributed by atoms with Crippen LogP contribution in [0.5, 0.6) is 0 Å². The Kier molecular flexibility index (Phi) is 6.29. The maximum Gasteiger partial charge on any atom is 0.190 e. The molecular formula is C21H33NO5. The molecular weight excluding hydrogens is 346 g/mol. The number of hydrogen-bond acceptors (Lipinski definition) is 6. The van der Waals surface area contributed by atoms with Crippen molar-refractivity contribution >= 4 is 0 Å². The van der Waals surface area contributed by atoms with Crippen molar-refractivity contribution in [2.24, 2.45) is 23.7 Å². The average Bonchev–Trinajstić information content (AvgIpc) is 2.77. The van der Waals surface area contributed by atoms with Crippen LogP contribution in [0.3, 0.4) is 0 Å². The van der Waals surface area contributed by atoms with E-state index in [1.54, 1.807) is 7.11 Å². The number of rotatable bonds is 5. The Morgan fingerprint density at radius 2 is 1.93 bits per heavy atom. The molecule has 2 saturated heterocycles. The molecule has 0 aromatic rings. The topological polar surface area (TPSA) is 80.9 Å². The maximum absolute atomic E-state index is 10.3. The van der Waals surface area contributed by atoms with E-state index in [-0.39, 0.29) is 29.6 Å². The van der Waals surface area contributed by atoms with Crippen LogP contribution in [0, 0.1) is 35.0 Å². The van der Waals surface area contributed by atoms with E-state index >= 15 is 0 Å². The average molecular weight is 379 g/mol. The fourth-order valence-corrected chi connectivity index (χ4v) is 5.62. The van der Waals surface area contributed by atoms with Gasteiger partial charge in [-0.2, -0.15) is 5.26 Å². The van der Waals surface area contributed by atoms with Gasteiger partial charge in [0.25, 0.3) is 0 Å². The summed E-state index contributed by atoms with van der Waals surface area (Å²) in [5.74, 6) is 1.15. The number of nitriles is 1. The minimum Gasteiger partial charge on any atom is -0.388 e. The SMILES string of the molecule is C=C(C#N)[C@H](O)C[C@H]1O[C@@H]2O[C@@H](C)CC[C@H]3[C@H](C)CC[C@@H]([C@H]1C)[C@@]23OOC. The first-order valence-electron chi connectivity index (χ1n) is 10.1. The van der Waals surface area contributed by atoms with Crippen LogP contribution in [0.4, 0.5) is 0 Å². The van der Waals surface area contributed by atoms with Gasteiger partial charge in [0, 0.05) is 12.3 Å². The lowest BCUT2D eigenvalue weighted by Crippen LogP contribution is -2.67. The molecule has 3 fully saturated rings. The molecule has 27 heavy (non-hydrogen) atoms. The molecule has 0 aromatic carbocycles. The Morgan fingerprint density at radius 1 is 1.22 bits per heavy atom. The molecule has 3 aliphatic rings. The minimum atomic E-state index is -0.903. The van der Waals surface area contributed by atoms with Gasteiger partial charge in [0.2, 0.25) is 0 Å². The first kappa shape index (κ1) is 20.8. The van der Waals surface area contributed by atoms with Crippen LogP contribution in [0.15, 0.2) is 12.2 Å². The molecule has 0 aromatic heterocycles. The van der Waals surface area contributed by atoms with E-state index in [9.17, 15) is 5.11 Å². The molecule has 3 rings (SSSR count). The van der Waals surface area contributed by atoms with Gasteiger partial charge >= 0.3 is 0 Å². The Bertz CT molecular complexity index is 590. The highest BCUT2D eigenvalue weighted by atomic mass is 17.2. The zero-order valence-corrected chi connectivity index (χ0v) is 16.9. The Hall–Kier alpha value is -0.970. The lowest BCUT2D eigenvalue weighted by molar-refractivity contribution is -0.453. The van der Waals surface area contributed by atoms with Crippen molar-refractivity contribution < 1.29 is 24.4 Å². The zero-order valence-electron chi connectivity index (χ0n) is 16.9. The van der Waals surface area contributed by atoms with Gasteiger partial charge in [-0.05, 0) is 50.4 Å². The van der Waals surface area contributed by atoms with Crippen molar-refractivity contribution in [3.8, 4) is 6.07 Å². The summed E-state index contributed by atoms with van der Waals surface area (Å²) in [7, 11) is 1.55. The molecule has 0 unspecified atom stereocenters. The van der Waals surface area contributed by atoms with Gasteiger partial charge in [0.1, 0.15) is 0 Å². The summed E-state index contributed by atoms with van der Waals surface area (Å²) in [5.41, 5.74) is -0.467. The highest BCUT2D eigenvalue weighted by molar-refractivity contribution is 5.21. The third-order valence-corrected chi connectivity index (χ3v) is 7.14. The number of aliphatic hydroxyl groups is 1. The summed E-state index contributed by atoms with van der Waals surface area (Å²) in [6, 6.07) is 1.94. The molecule has 0 amide bonds. The highest BCUT2D eigenvalue weighted by Crippen LogP contribution is 2.57. The first-order valence-corrected chi connectivity index (χ1v) is 10.1. The van der Waals surface area contributed by atoms with E-state index < -0.39 is 18.0 Å². The Labute approximate surface area is 162 Å². The summed E-state index contributed by atoms with van der Waals surface area (Å²) >= 11 is 0. The smallest absolute Gasteiger partial charge is 0.190 e. The fraction of sp³-hybridized carbons (Fsp3) is 0.857. The standard InChI is InChI=1S/C21H33NO5/c1-12-6-8-17-15(4)19(10-18(23)13(2)11-22)26-20-21(17,27-24-5)16(12)9-7-14(3)25-20/h12,14-20,23H,2,6-10H2,1,3-5H3/t12-,14+,15-,16+,17+,18-,19-,20+,21-/m1/s1. The molecule has 2 aliphatic heterocycles. The largest absolute Gasteiger partial charge is 0.388 e. The molecule has 1 N–H and O–H groups in total. The number of aliphatic hydroxyl groups excluding tert-OH is 1. The second-order valence-electron chi connectivity index (χ2n) is 8.65. The lowest BCUT2D eigenvalue weighted by atomic mass is 9.57. The molecule has 9 atom stereocenters. The zero-order chi connectivity index (χ0) is 19.8. The molecule has 2 heterocycles. The summed E-state index contributed by atoms with van der Waals surface area (Å²) in [5, 5.41) is 19.4. The van der Waals surface area contributed by atoms with Crippen LogP contribution in [-0.2, 0) is 19.2 Å². The van der Waals surface area contributed by atoms with E-state index in [0.29, 0.717) is 18.3 Å². The van der Waals surface area contributed by atoms with Crippen LogP contribution >= 0.6 is 0 Å². The Morgan fingerprint density at radius 3 is 2.59 bits per heavy atom. The summed E-state index contributed by atoms with van der Waals surface area (Å²) in [6.07, 6.45) is 2.85. The van der Waals surface area contributed by atoms with Crippen molar-refractivity contribution in [3.63, 3.8) is 0 Å². The van der Waals surface area contributed by atoms with Crippen LogP contribution in [0.1, 0.15) is 52.9 Å². The minimum absolute atomic E-state index is 0.0684. The van der Waals surface area contributed by atoms with Crippen molar-refractivity contribution in [2.45, 2.75) is 83.1 Å². The monoisotopic (exact) mass is 379 g/mol. The van der Waals surface area contributed by atoms with E-state index in [0.717, 1.165) is 25.7 Å². The van der Waals surface area contributed by atoms with Crippen molar-refractivity contribution in [2.75, 3.05) is 7.11 Å². The predicted octanol–water partition coefficient (Wildman–Crippen LogP) is 3.36. The van der Waals surface area contributed by atoms with Gasteiger partial charge < -0.3 is 14.6 Å². The molecule has 152 valence electrons. The highest BCUT2D eigenvalue weighted by Gasteiger charge is 2.64. The second kappa shape index (κ2) is 8.18. The van der Waals surface area contributed by atoms with E-state index in [1.807, 2.05) is 6.07 Å². The quantitative estimate of drug-likeness (QED) is 0.448. The normalized spacial score (nSPS) is 45.3. The van der Waals surface area contributed by atoms with Gasteiger partial charge in [-0.3, -0.25) is 0 Å². The molecule has 1 aliphatic carbocycles. The second-order valence-corrected chi connectivity index (χ2v) is 8.65. The van der Waals surface area contributed by atoms with Gasteiger partial charge in [0.15, 0.2) is 11.9 Å². The van der Waals surface area contributed by atoms with Crippen molar-refractivity contribution in [3.05, 3.63) is 12.2 Å². The predicted molar refractivity (Wildman–Crippen MR) is 99.2 cm³/mol. The lowest BCUT2D eigenvalue weighted by Gasteiger charge is -2.58. The van der Waals surface area contributed by atoms with E-state index in [1.165, 1.54) is 0 Å². The fourth-order valence-electron chi connectivity index (χ4n) is 5.62. The van der Waals surface area contributed by atoms with E-state index in [2.05, 4.69) is 27.4 Å². The Balaban J connectivity index is 1.95. The molecule has 0 bridgehead atoms.